The van der Waals surface area contributed by atoms with E-state index in [0.29, 0.717) is 0 Å². The number of benzene rings is 1. The molecule has 2 nitrogen and oxygen atoms in total. The van der Waals surface area contributed by atoms with Gasteiger partial charge in [0.25, 0.3) is 0 Å². The zero-order valence-electron chi connectivity index (χ0n) is 10.9. The summed E-state index contributed by atoms with van der Waals surface area (Å²) in [5.74, 6) is 0.435. The van der Waals surface area contributed by atoms with Crippen molar-refractivity contribution in [3.05, 3.63) is 18.2 Å². The molecular weight excluding hydrogens is 254 g/mol. The highest BCUT2D eigenvalue weighted by Gasteiger charge is 2.46. The van der Waals surface area contributed by atoms with Gasteiger partial charge in [-0.25, -0.2) is 0 Å². The first-order valence-corrected chi connectivity index (χ1v) is 8.99. The van der Waals surface area contributed by atoms with Gasteiger partial charge in [0.05, 0.1) is 8.07 Å². The average molecular weight is 272 g/mol. The van der Waals surface area contributed by atoms with Crippen LogP contribution >= 0.6 is 0 Å². The van der Waals surface area contributed by atoms with Crippen LogP contribution in [0.3, 0.4) is 0 Å². The van der Waals surface area contributed by atoms with Gasteiger partial charge in [-0.05, 0) is 11.3 Å². The van der Waals surface area contributed by atoms with Gasteiger partial charge in [0.2, 0.25) is 0 Å². The Hall–Kier alpha value is -1.10. The Bertz CT molecular complexity index is 436. The maximum Gasteiger partial charge on any atom is 0.586 e. The van der Waals surface area contributed by atoms with E-state index in [9.17, 15) is 8.78 Å². The third-order valence-electron chi connectivity index (χ3n) is 4.03. The topological polar surface area (TPSA) is 18.5 Å². The van der Waals surface area contributed by atoms with Gasteiger partial charge in [-0.2, -0.15) is 0 Å². The number of fused-ring (bicyclic) bond motifs is 1. The molecule has 0 radical (unpaired) electrons. The van der Waals surface area contributed by atoms with Crippen molar-refractivity contribution in [2.75, 3.05) is 0 Å². The van der Waals surface area contributed by atoms with Crippen LogP contribution < -0.4 is 14.7 Å². The number of hydrogen-bond donors (Lipinski definition) is 0. The smallest absolute Gasteiger partial charge is 0.395 e. The lowest BCUT2D eigenvalue weighted by Gasteiger charge is -2.29. The van der Waals surface area contributed by atoms with Gasteiger partial charge in [-0.15, -0.1) is 8.78 Å². The first-order chi connectivity index (χ1) is 8.48. The second kappa shape index (κ2) is 4.53. The van der Waals surface area contributed by atoms with Gasteiger partial charge in [-0.1, -0.05) is 51.0 Å². The highest BCUT2D eigenvalue weighted by Crippen LogP contribution is 2.41. The Kier molecular flexibility index (Phi) is 3.36. The Balaban J connectivity index is 2.52. The molecule has 0 unspecified atom stereocenters. The van der Waals surface area contributed by atoms with Crippen molar-refractivity contribution in [2.45, 2.75) is 45.2 Å². The summed E-state index contributed by atoms with van der Waals surface area (Å²) < 4.78 is 35.6. The third-order valence-corrected chi connectivity index (χ3v) is 9.63. The molecule has 1 aromatic carbocycles. The first kappa shape index (κ1) is 13.3. The van der Waals surface area contributed by atoms with E-state index in [4.69, 9.17) is 4.74 Å². The van der Waals surface area contributed by atoms with Crippen LogP contribution in [0.1, 0.15) is 20.8 Å². The summed E-state index contributed by atoms with van der Waals surface area (Å²) in [4.78, 5) is 0. The molecule has 0 bridgehead atoms. The van der Waals surface area contributed by atoms with Crippen molar-refractivity contribution in [2.24, 2.45) is 0 Å². The summed E-state index contributed by atoms with van der Waals surface area (Å²) >= 11 is 0. The molecule has 5 heteroatoms. The molecule has 0 aliphatic carbocycles. The molecule has 100 valence electrons. The predicted octanol–water partition coefficient (Wildman–Crippen LogP) is 3.72. The molecule has 1 aliphatic rings. The standard InChI is InChI=1S/C13H18F2O2Si/c1-4-18(5-2,6-3)11-9-7-8-10-12(11)17-13(14,15)16-10/h7-9H,4-6H2,1-3H3. The van der Waals surface area contributed by atoms with E-state index >= 15 is 0 Å². The maximum absolute atomic E-state index is 13.2. The van der Waals surface area contributed by atoms with E-state index in [2.05, 4.69) is 25.5 Å². The zero-order valence-corrected chi connectivity index (χ0v) is 11.9. The fraction of sp³-hybridized carbons (Fsp3) is 0.538. The Morgan fingerprint density at radius 2 is 1.67 bits per heavy atom. The van der Waals surface area contributed by atoms with Crippen molar-refractivity contribution < 1.29 is 18.3 Å². The summed E-state index contributed by atoms with van der Waals surface area (Å²) in [6, 6.07) is 8.30. The molecule has 1 aliphatic heterocycles. The lowest BCUT2D eigenvalue weighted by molar-refractivity contribution is -0.286. The monoisotopic (exact) mass is 272 g/mol. The van der Waals surface area contributed by atoms with Crippen LogP contribution in [-0.2, 0) is 0 Å². The minimum Gasteiger partial charge on any atom is -0.395 e. The molecule has 0 saturated carbocycles. The summed E-state index contributed by atoms with van der Waals surface area (Å²) in [6.45, 7) is 6.39. The van der Waals surface area contributed by atoms with Crippen LogP contribution in [0.4, 0.5) is 8.78 Å². The van der Waals surface area contributed by atoms with E-state index in [1.807, 2.05) is 6.07 Å². The van der Waals surface area contributed by atoms with E-state index in [0.717, 1.165) is 23.3 Å². The second-order valence-electron chi connectivity index (χ2n) is 4.64. The third kappa shape index (κ3) is 2.00. The summed E-state index contributed by atoms with van der Waals surface area (Å²) in [5, 5.41) is 0.963. The van der Waals surface area contributed by atoms with Crippen LogP contribution in [0.15, 0.2) is 18.2 Å². The minimum absolute atomic E-state index is 0.171. The van der Waals surface area contributed by atoms with E-state index in [1.165, 1.54) is 0 Å². The van der Waals surface area contributed by atoms with Gasteiger partial charge < -0.3 is 9.47 Å². The van der Waals surface area contributed by atoms with E-state index in [-0.39, 0.29) is 11.5 Å². The maximum atomic E-state index is 13.2. The number of para-hydroxylation sites is 1. The number of ether oxygens (including phenoxy) is 2. The number of halogens is 2. The van der Waals surface area contributed by atoms with Crippen molar-refractivity contribution >= 4 is 13.3 Å². The van der Waals surface area contributed by atoms with Crippen molar-refractivity contribution in [3.63, 3.8) is 0 Å². The first-order valence-electron chi connectivity index (χ1n) is 6.37. The SMILES string of the molecule is CC[Si](CC)(CC)c1cccc2c1OC(F)(F)O2. The van der Waals surface area contributed by atoms with E-state index in [1.54, 1.807) is 12.1 Å². The number of rotatable bonds is 4. The number of alkyl halides is 2. The lowest BCUT2D eigenvalue weighted by atomic mass is 10.3. The zero-order chi connectivity index (χ0) is 13.4. The molecule has 0 amide bonds. The largest absolute Gasteiger partial charge is 0.586 e. The molecule has 2 rings (SSSR count). The van der Waals surface area contributed by atoms with Crippen LogP contribution in [0, 0.1) is 0 Å². The van der Waals surface area contributed by atoms with Gasteiger partial charge >= 0.3 is 6.29 Å². The highest BCUT2D eigenvalue weighted by atomic mass is 28.3. The molecule has 0 fully saturated rings. The molecule has 0 aromatic heterocycles. The van der Waals surface area contributed by atoms with Gasteiger partial charge in [0, 0.05) is 0 Å². The van der Waals surface area contributed by atoms with Crippen molar-refractivity contribution in [1.82, 2.24) is 0 Å². The molecule has 0 spiro atoms. The molecule has 0 N–H and O–H groups in total. The van der Waals surface area contributed by atoms with Crippen LogP contribution in [0.5, 0.6) is 11.5 Å². The Morgan fingerprint density at radius 1 is 1.06 bits per heavy atom. The number of hydrogen-bond acceptors (Lipinski definition) is 2. The molecular formula is C13H18F2O2Si. The fourth-order valence-electron chi connectivity index (χ4n) is 2.71. The van der Waals surface area contributed by atoms with Crippen molar-refractivity contribution in [1.29, 1.82) is 0 Å². The Morgan fingerprint density at radius 3 is 2.22 bits per heavy atom. The molecule has 0 saturated heterocycles. The molecule has 18 heavy (non-hydrogen) atoms. The lowest BCUT2D eigenvalue weighted by Crippen LogP contribution is -2.46. The van der Waals surface area contributed by atoms with Crippen LogP contribution in [0.25, 0.3) is 0 Å². The van der Waals surface area contributed by atoms with Crippen LogP contribution in [0.2, 0.25) is 18.1 Å². The van der Waals surface area contributed by atoms with Gasteiger partial charge in [-0.3, -0.25) is 0 Å². The van der Waals surface area contributed by atoms with E-state index < -0.39 is 14.4 Å². The summed E-state index contributed by atoms with van der Waals surface area (Å²) in [5.41, 5.74) is 0. The average Bonchev–Trinajstić information content (AvgIpc) is 2.66. The predicted molar refractivity (Wildman–Crippen MR) is 69.5 cm³/mol. The Labute approximate surface area is 107 Å². The van der Waals surface area contributed by atoms with Gasteiger partial charge in [0.15, 0.2) is 11.5 Å². The second-order valence-corrected chi connectivity index (χ2v) is 9.86. The minimum atomic E-state index is -3.52. The van der Waals surface area contributed by atoms with Crippen molar-refractivity contribution in [3.8, 4) is 11.5 Å². The normalized spacial score (nSPS) is 16.9. The molecule has 0 atom stereocenters. The molecule has 1 aromatic rings. The fourth-order valence-corrected chi connectivity index (χ4v) is 6.46. The summed E-state index contributed by atoms with van der Waals surface area (Å²) in [7, 11) is -1.75. The quantitative estimate of drug-likeness (QED) is 0.778. The van der Waals surface area contributed by atoms with Gasteiger partial charge in [0.1, 0.15) is 0 Å². The highest BCUT2D eigenvalue weighted by molar-refractivity contribution is 6.92. The summed E-state index contributed by atoms with van der Waals surface area (Å²) in [6.07, 6.45) is -3.52. The molecule has 1 heterocycles. The van der Waals surface area contributed by atoms with Crippen LogP contribution in [-0.4, -0.2) is 14.4 Å².